The SMILES string of the molecule is CCNc1ccc(NCCOCCO)nc1. The smallest absolute Gasteiger partial charge is 0.126 e. The van der Waals surface area contributed by atoms with Crippen LogP contribution in [-0.4, -0.2) is 43.0 Å². The van der Waals surface area contributed by atoms with Gasteiger partial charge in [0.25, 0.3) is 0 Å². The number of nitrogens with one attached hydrogen (secondary N) is 2. The summed E-state index contributed by atoms with van der Waals surface area (Å²) in [6, 6.07) is 3.90. The Morgan fingerprint density at radius 1 is 1.31 bits per heavy atom. The molecular formula is C11H19N3O2. The van der Waals surface area contributed by atoms with E-state index in [1.54, 1.807) is 6.20 Å². The van der Waals surface area contributed by atoms with Crippen LogP contribution in [0.3, 0.4) is 0 Å². The Morgan fingerprint density at radius 3 is 2.81 bits per heavy atom. The predicted molar refractivity (Wildman–Crippen MR) is 64.8 cm³/mol. The van der Waals surface area contributed by atoms with Crippen molar-refractivity contribution in [3.8, 4) is 0 Å². The van der Waals surface area contributed by atoms with Crippen molar-refractivity contribution in [2.45, 2.75) is 6.92 Å². The van der Waals surface area contributed by atoms with E-state index in [0.29, 0.717) is 19.8 Å². The summed E-state index contributed by atoms with van der Waals surface area (Å²) in [5.74, 6) is 0.828. The first-order chi connectivity index (χ1) is 7.86. The molecule has 0 aliphatic carbocycles. The van der Waals surface area contributed by atoms with Gasteiger partial charge in [0, 0.05) is 13.1 Å². The van der Waals surface area contributed by atoms with Gasteiger partial charge in [-0.1, -0.05) is 0 Å². The molecular weight excluding hydrogens is 206 g/mol. The average molecular weight is 225 g/mol. The average Bonchev–Trinajstić information content (AvgIpc) is 2.31. The molecule has 1 aromatic rings. The van der Waals surface area contributed by atoms with Crippen LogP contribution in [-0.2, 0) is 4.74 Å². The maximum atomic E-state index is 8.50. The number of hydrogen-bond acceptors (Lipinski definition) is 5. The van der Waals surface area contributed by atoms with Crippen molar-refractivity contribution in [3.05, 3.63) is 18.3 Å². The third kappa shape index (κ3) is 4.95. The van der Waals surface area contributed by atoms with Gasteiger partial charge in [-0.05, 0) is 19.1 Å². The zero-order valence-electron chi connectivity index (χ0n) is 9.57. The predicted octanol–water partition coefficient (Wildman–Crippen LogP) is 0.934. The zero-order chi connectivity index (χ0) is 11.6. The molecule has 0 bridgehead atoms. The van der Waals surface area contributed by atoms with E-state index in [-0.39, 0.29) is 6.61 Å². The fourth-order valence-electron chi connectivity index (χ4n) is 1.23. The molecule has 0 radical (unpaired) electrons. The molecule has 0 aliphatic rings. The van der Waals surface area contributed by atoms with Gasteiger partial charge in [-0.2, -0.15) is 0 Å². The molecule has 1 aromatic heterocycles. The molecule has 1 heterocycles. The molecule has 5 heteroatoms. The highest BCUT2D eigenvalue weighted by Crippen LogP contribution is 2.08. The van der Waals surface area contributed by atoms with Crippen LogP contribution in [0.2, 0.25) is 0 Å². The zero-order valence-corrected chi connectivity index (χ0v) is 9.57. The standard InChI is InChI=1S/C11H19N3O2/c1-2-12-10-3-4-11(14-9-10)13-5-7-16-8-6-15/h3-4,9,12,15H,2,5-8H2,1H3,(H,13,14). The molecule has 0 atom stereocenters. The van der Waals surface area contributed by atoms with Gasteiger partial charge < -0.3 is 20.5 Å². The summed E-state index contributed by atoms with van der Waals surface area (Å²) in [5.41, 5.74) is 1.02. The van der Waals surface area contributed by atoms with Crippen molar-refractivity contribution in [1.82, 2.24) is 4.98 Å². The molecule has 5 nitrogen and oxygen atoms in total. The molecule has 1 rings (SSSR count). The van der Waals surface area contributed by atoms with Gasteiger partial charge in [0.1, 0.15) is 5.82 Å². The van der Waals surface area contributed by atoms with E-state index in [1.165, 1.54) is 0 Å². The molecule has 0 amide bonds. The van der Waals surface area contributed by atoms with Crippen LogP contribution in [0.5, 0.6) is 0 Å². The second-order valence-corrected chi connectivity index (χ2v) is 3.23. The minimum atomic E-state index is 0.0651. The molecule has 0 saturated heterocycles. The minimum Gasteiger partial charge on any atom is -0.394 e. The molecule has 0 spiro atoms. The normalized spacial score (nSPS) is 10.1. The Hall–Kier alpha value is -1.33. The molecule has 90 valence electrons. The quantitative estimate of drug-likeness (QED) is 0.574. The van der Waals surface area contributed by atoms with Gasteiger partial charge in [-0.25, -0.2) is 4.98 Å². The molecule has 0 aliphatic heterocycles. The van der Waals surface area contributed by atoms with Crippen LogP contribution in [0, 0.1) is 0 Å². The number of hydrogen-bond donors (Lipinski definition) is 3. The van der Waals surface area contributed by atoms with Gasteiger partial charge >= 0.3 is 0 Å². The lowest BCUT2D eigenvalue weighted by atomic mass is 10.4. The van der Waals surface area contributed by atoms with E-state index in [1.807, 2.05) is 19.1 Å². The summed E-state index contributed by atoms with van der Waals surface area (Å²) in [6.07, 6.45) is 1.79. The highest BCUT2D eigenvalue weighted by molar-refractivity contribution is 5.46. The molecule has 0 fully saturated rings. The van der Waals surface area contributed by atoms with Crippen molar-refractivity contribution >= 4 is 11.5 Å². The Kier molecular flexibility index (Phi) is 6.29. The number of ether oxygens (including phenoxy) is 1. The first-order valence-corrected chi connectivity index (χ1v) is 5.49. The number of aliphatic hydroxyl groups is 1. The minimum absolute atomic E-state index is 0.0651. The Bertz CT molecular complexity index is 277. The molecule has 0 aromatic carbocycles. The Morgan fingerprint density at radius 2 is 2.19 bits per heavy atom. The lowest BCUT2D eigenvalue weighted by molar-refractivity contribution is 0.0992. The number of aliphatic hydroxyl groups excluding tert-OH is 1. The molecule has 0 saturated carbocycles. The van der Waals surface area contributed by atoms with Crippen molar-refractivity contribution in [2.75, 3.05) is 43.5 Å². The van der Waals surface area contributed by atoms with Crippen LogP contribution in [0.4, 0.5) is 11.5 Å². The van der Waals surface area contributed by atoms with Crippen LogP contribution in [0.15, 0.2) is 18.3 Å². The van der Waals surface area contributed by atoms with Crippen molar-refractivity contribution in [3.63, 3.8) is 0 Å². The third-order valence-corrected chi connectivity index (χ3v) is 1.93. The van der Waals surface area contributed by atoms with Crippen molar-refractivity contribution in [2.24, 2.45) is 0 Å². The molecule has 3 N–H and O–H groups in total. The number of pyridine rings is 1. The Balaban J connectivity index is 2.21. The van der Waals surface area contributed by atoms with E-state index < -0.39 is 0 Å². The van der Waals surface area contributed by atoms with E-state index >= 15 is 0 Å². The number of aromatic nitrogens is 1. The van der Waals surface area contributed by atoms with E-state index in [2.05, 4.69) is 15.6 Å². The van der Waals surface area contributed by atoms with Gasteiger partial charge in [-0.15, -0.1) is 0 Å². The van der Waals surface area contributed by atoms with Gasteiger partial charge in [0.05, 0.1) is 31.7 Å². The molecule has 16 heavy (non-hydrogen) atoms. The van der Waals surface area contributed by atoms with Gasteiger partial charge in [0.2, 0.25) is 0 Å². The fraction of sp³-hybridized carbons (Fsp3) is 0.545. The first-order valence-electron chi connectivity index (χ1n) is 5.49. The highest BCUT2D eigenvalue weighted by atomic mass is 16.5. The maximum absolute atomic E-state index is 8.50. The second kappa shape index (κ2) is 7.90. The summed E-state index contributed by atoms with van der Waals surface area (Å²) in [4.78, 5) is 4.24. The van der Waals surface area contributed by atoms with Crippen LogP contribution in [0.25, 0.3) is 0 Å². The summed E-state index contributed by atoms with van der Waals surface area (Å²) >= 11 is 0. The fourth-order valence-corrected chi connectivity index (χ4v) is 1.23. The number of nitrogens with zero attached hydrogens (tertiary/aromatic N) is 1. The van der Waals surface area contributed by atoms with Gasteiger partial charge in [-0.3, -0.25) is 0 Å². The third-order valence-electron chi connectivity index (χ3n) is 1.93. The van der Waals surface area contributed by atoms with Crippen molar-refractivity contribution in [1.29, 1.82) is 0 Å². The number of rotatable bonds is 8. The van der Waals surface area contributed by atoms with Crippen LogP contribution < -0.4 is 10.6 Å². The summed E-state index contributed by atoms with van der Waals surface area (Å²) in [7, 11) is 0. The van der Waals surface area contributed by atoms with E-state index in [9.17, 15) is 0 Å². The lowest BCUT2D eigenvalue weighted by Crippen LogP contribution is -2.12. The maximum Gasteiger partial charge on any atom is 0.126 e. The summed E-state index contributed by atoms with van der Waals surface area (Å²) in [6.45, 7) is 4.64. The van der Waals surface area contributed by atoms with Crippen LogP contribution in [0.1, 0.15) is 6.92 Å². The summed E-state index contributed by atoms with van der Waals surface area (Å²) < 4.78 is 5.11. The largest absolute Gasteiger partial charge is 0.394 e. The van der Waals surface area contributed by atoms with E-state index in [0.717, 1.165) is 18.1 Å². The topological polar surface area (TPSA) is 66.4 Å². The van der Waals surface area contributed by atoms with Crippen molar-refractivity contribution < 1.29 is 9.84 Å². The van der Waals surface area contributed by atoms with Gasteiger partial charge in [0.15, 0.2) is 0 Å². The second-order valence-electron chi connectivity index (χ2n) is 3.23. The van der Waals surface area contributed by atoms with E-state index in [4.69, 9.17) is 9.84 Å². The monoisotopic (exact) mass is 225 g/mol. The lowest BCUT2D eigenvalue weighted by Gasteiger charge is -2.07. The Labute approximate surface area is 95.8 Å². The van der Waals surface area contributed by atoms with Crippen LogP contribution >= 0.6 is 0 Å². The summed E-state index contributed by atoms with van der Waals surface area (Å²) in [5, 5.41) is 14.8. The number of anilines is 2. The highest BCUT2D eigenvalue weighted by Gasteiger charge is 1.94. The molecule has 0 unspecified atom stereocenters. The first kappa shape index (κ1) is 12.7.